The average Bonchev–Trinajstić information content (AvgIpc) is 3.21. The van der Waals surface area contributed by atoms with Crippen LogP contribution in [0, 0.1) is 0 Å². The smallest absolute Gasteiger partial charge is 0.178 e. The summed E-state index contributed by atoms with van der Waals surface area (Å²) in [6.45, 7) is 2.98. The molecule has 4 aromatic heterocycles. The van der Waals surface area contributed by atoms with Crippen molar-refractivity contribution in [3.63, 3.8) is 0 Å². The lowest BCUT2D eigenvalue weighted by Crippen LogP contribution is -1.97. The first-order valence-corrected chi connectivity index (χ1v) is 9.38. The van der Waals surface area contributed by atoms with Crippen LogP contribution in [0.25, 0.3) is 31.1 Å². The number of thiazole rings is 2. The molecule has 0 atom stereocenters. The highest BCUT2D eigenvalue weighted by molar-refractivity contribution is 7.29. The Kier molecular flexibility index (Phi) is 4.14. The maximum Gasteiger partial charge on any atom is 0.178 e. The van der Waals surface area contributed by atoms with E-state index >= 15 is 0 Å². The Morgan fingerprint density at radius 2 is 1.12 bits per heavy atom. The zero-order chi connectivity index (χ0) is 18.3. The van der Waals surface area contributed by atoms with Gasteiger partial charge in [0.15, 0.2) is 21.2 Å². The number of Topliss-reactive ketones (excluding diaryl/α,β-unsaturated/α-hetero) is 2. The minimum Gasteiger partial charge on any atom is -0.293 e. The van der Waals surface area contributed by atoms with E-state index in [-0.39, 0.29) is 11.6 Å². The second-order valence-electron chi connectivity index (χ2n) is 5.58. The van der Waals surface area contributed by atoms with Gasteiger partial charge in [0, 0.05) is 13.8 Å². The molecule has 0 aromatic carbocycles. The minimum atomic E-state index is -0.0814. The van der Waals surface area contributed by atoms with Gasteiger partial charge in [-0.2, -0.15) is 0 Å². The quantitative estimate of drug-likeness (QED) is 0.491. The topological polar surface area (TPSA) is 85.7 Å². The first kappa shape index (κ1) is 16.6. The van der Waals surface area contributed by atoms with Crippen molar-refractivity contribution in [3.8, 4) is 21.4 Å². The first-order chi connectivity index (χ1) is 12.5. The molecule has 0 amide bonds. The van der Waals surface area contributed by atoms with Crippen molar-refractivity contribution >= 4 is 43.9 Å². The Morgan fingerprint density at radius 3 is 1.50 bits per heavy atom. The molecule has 0 aliphatic heterocycles. The zero-order valence-corrected chi connectivity index (χ0v) is 15.5. The van der Waals surface area contributed by atoms with Gasteiger partial charge in [0.1, 0.15) is 21.4 Å². The third kappa shape index (κ3) is 3.04. The van der Waals surface area contributed by atoms with Crippen LogP contribution in [0.1, 0.15) is 34.8 Å². The fourth-order valence-electron chi connectivity index (χ4n) is 2.36. The number of fused-ring (bicyclic) bond motifs is 1. The van der Waals surface area contributed by atoms with Crippen LogP contribution < -0.4 is 0 Å². The molecule has 0 bridgehead atoms. The molecule has 0 saturated heterocycles. The summed E-state index contributed by atoms with van der Waals surface area (Å²) in [4.78, 5) is 42.5. The number of hydrogen-bond donors (Lipinski definition) is 0. The number of ketones is 2. The molecule has 26 heavy (non-hydrogen) atoms. The third-order valence-corrected chi connectivity index (χ3v) is 5.71. The summed E-state index contributed by atoms with van der Waals surface area (Å²) < 4.78 is 0. The van der Waals surface area contributed by atoms with Crippen molar-refractivity contribution in [2.24, 2.45) is 0 Å². The predicted octanol–water partition coefficient (Wildman–Crippen LogP) is 4.28. The Hall–Kier alpha value is -2.84. The largest absolute Gasteiger partial charge is 0.293 e. The van der Waals surface area contributed by atoms with Gasteiger partial charge in [-0.05, 0) is 24.3 Å². The van der Waals surface area contributed by atoms with E-state index in [4.69, 9.17) is 0 Å². The molecule has 128 valence electrons. The summed E-state index contributed by atoms with van der Waals surface area (Å²) in [5, 5.41) is 1.44. The molecule has 6 nitrogen and oxygen atoms in total. The summed E-state index contributed by atoms with van der Waals surface area (Å²) >= 11 is 2.83. The summed E-state index contributed by atoms with van der Waals surface area (Å²) in [6, 6.07) is 10.6. The maximum absolute atomic E-state index is 11.5. The number of hydrogen-bond acceptors (Lipinski definition) is 8. The van der Waals surface area contributed by atoms with Gasteiger partial charge in [-0.25, -0.2) is 19.9 Å². The van der Waals surface area contributed by atoms with E-state index in [1.54, 1.807) is 24.3 Å². The van der Waals surface area contributed by atoms with Crippen LogP contribution in [0.4, 0.5) is 0 Å². The normalized spacial score (nSPS) is 11.0. The van der Waals surface area contributed by atoms with Crippen LogP contribution in [0.2, 0.25) is 0 Å². The summed E-state index contributed by atoms with van der Waals surface area (Å²) in [6.07, 6.45) is 0. The molecule has 4 aromatic rings. The molecular formula is C18H12N4O2S2. The molecule has 0 aliphatic carbocycles. The molecule has 0 unspecified atom stereocenters. The van der Waals surface area contributed by atoms with E-state index in [1.165, 1.54) is 36.5 Å². The maximum atomic E-state index is 11.5. The SMILES string of the molecule is CC(=O)c1cccc(-c2nc3sc(-c4cccc(C(C)=O)n4)nc3s2)n1. The second kappa shape index (κ2) is 6.47. The molecule has 0 radical (unpaired) electrons. The summed E-state index contributed by atoms with van der Waals surface area (Å²) in [5.41, 5.74) is 2.15. The van der Waals surface area contributed by atoms with Crippen molar-refractivity contribution in [1.29, 1.82) is 0 Å². The molecule has 0 fully saturated rings. The number of nitrogens with zero attached hydrogens (tertiary/aromatic N) is 4. The van der Waals surface area contributed by atoms with Crippen LogP contribution in [0.3, 0.4) is 0 Å². The van der Waals surface area contributed by atoms with Crippen molar-refractivity contribution in [2.75, 3.05) is 0 Å². The predicted molar refractivity (Wildman–Crippen MR) is 102 cm³/mol. The summed E-state index contributed by atoms with van der Waals surface area (Å²) in [7, 11) is 0. The van der Waals surface area contributed by atoms with Crippen molar-refractivity contribution < 1.29 is 9.59 Å². The van der Waals surface area contributed by atoms with E-state index in [0.29, 0.717) is 22.8 Å². The van der Waals surface area contributed by atoms with E-state index in [2.05, 4.69) is 19.9 Å². The van der Waals surface area contributed by atoms with Crippen molar-refractivity contribution in [3.05, 3.63) is 47.8 Å². The molecule has 8 heteroatoms. The highest BCUT2D eigenvalue weighted by Crippen LogP contribution is 2.35. The van der Waals surface area contributed by atoms with E-state index in [9.17, 15) is 9.59 Å². The lowest BCUT2D eigenvalue weighted by Gasteiger charge is -1.99. The van der Waals surface area contributed by atoms with Crippen LogP contribution >= 0.6 is 22.7 Å². The van der Waals surface area contributed by atoms with Gasteiger partial charge >= 0.3 is 0 Å². The molecular weight excluding hydrogens is 368 g/mol. The standard InChI is InChI=1S/C18H12N4O2S2/c1-9(23)11-5-3-7-13(19-11)15-21-17-18(25-15)22-16(26-17)14-8-4-6-12(20-14)10(2)24/h3-8H,1-2H3. The molecule has 0 spiro atoms. The number of carbonyl (C=O) groups is 2. The van der Waals surface area contributed by atoms with Crippen molar-refractivity contribution in [1.82, 2.24) is 19.9 Å². The van der Waals surface area contributed by atoms with Gasteiger partial charge in [-0.3, -0.25) is 9.59 Å². The van der Waals surface area contributed by atoms with Gasteiger partial charge in [0.2, 0.25) is 0 Å². The van der Waals surface area contributed by atoms with Gasteiger partial charge in [-0.1, -0.05) is 34.8 Å². The van der Waals surface area contributed by atoms with Crippen LogP contribution in [-0.4, -0.2) is 31.5 Å². The first-order valence-electron chi connectivity index (χ1n) is 7.75. The Bertz CT molecular complexity index is 1040. The Labute approximate surface area is 156 Å². The number of carbonyl (C=O) groups excluding carboxylic acids is 2. The highest BCUT2D eigenvalue weighted by atomic mass is 32.1. The summed E-state index contributed by atoms with van der Waals surface area (Å²) in [5.74, 6) is -0.163. The zero-order valence-electron chi connectivity index (χ0n) is 13.9. The third-order valence-electron chi connectivity index (χ3n) is 3.63. The van der Waals surface area contributed by atoms with Gasteiger partial charge < -0.3 is 0 Å². The molecule has 0 saturated carbocycles. The molecule has 0 N–H and O–H groups in total. The average molecular weight is 380 g/mol. The highest BCUT2D eigenvalue weighted by Gasteiger charge is 2.15. The Morgan fingerprint density at radius 1 is 0.692 bits per heavy atom. The van der Waals surface area contributed by atoms with Gasteiger partial charge in [0.05, 0.1) is 11.4 Å². The molecule has 4 heterocycles. The molecule has 4 rings (SSSR count). The molecule has 0 aliphatic rings. The lowest BCUT2D eigenvalue weighted by molar-refractivity contribution is 0.100. The van der Waals surface area contributed by atoms with Crippen molar-refractivity contribution in [2.45, 2.75) is 13.8 Å². The lowest BCUT2D eigenvalue weighted by atomic mass is 10.2. The fraction of sp³-hybridized carbons (Fsp3) is 0.111. The monoisotopic (exact) mass is 380 g/mol. The van der Waals surface area contributed by atoms with Gasteiger partial charge in [0.25, 0.3) is 0 Å². The number of aromatic nitrogens is 4. The second-order valence-corrected chi connectivity index (χ2v) is 7.53. The van der Waals surface area contributed by atoms with Crippen LogP contribution in [0.15, 0.2) is 36.4 Å². The van der Waals surface area contributed by atoms with Gasteiger partial charge in [-0.15, -0.1) is 0 Å². The fourth-order valence-corrected chi connectivity index (χ4v) is 4.34. The number of rotatable bonds is 4. The van der Waals surface area contributed by atoms with E-state index < -0.39 is 0 Å². The Balaban J connectivity index is 1.72. The van der Waals surface area contributed by atoms with E-state index in [0.717, 1.165) is 19.7 Å². The van der Waals surface area contributed by atoms with E-state index in [1.807, 2.05) is 12.1 Å². The number of pyridine rings is 2. The minimum absolute atomic E-state index is 0.0814. The van der Waals surface area contributed by atoms with Crippen LogP contribution in [0.5, 0.6) is 0 Å². The van der Waals surface area contributed by atoms with Crippen LogP contribution in [-0.2, 0) is 0 Å².